The van der Waals surface area contributed by atoms with Crippen molar-refractivity contribution in [1.82, 2.24) is 10.2 Å². The van der Waals surface area contributed by atoms with Gasteiger partial charge in [-0.15, -0.1) is 0 Å². The Morgan fingerprint density at radius 3 is 2.37 bits per heavy atom. The molecule has 0 unspecified atom stereocenters. The van der Waals surface area contributed by atoms with E-state index in [0.29, 0.717) is 12.3 Å². The second kappa shape index (κ2) is 7.58. The van der Waals surface area contributed by atoms with Crippen LogP contribution in [0.2, 0.25) is 0 Å². The maximum Gasteiger partial charge on any atom is 0.407 e. The average Bonchev–Trinajstić information content (AvgIpc) is 2.66. The minimum absolute atomic E-state index is 0.0358. The number of rotatable bonds is 5. The van der Waals surface area contributed by atoms with Crippen molar-refractivity contribution in [1.29, 1.82) is 0 Å². The summed E-state index contributed by atoms with van der Waals surface area (Å²) in [5, 5.41) is 11.9. The number of alkyl carbamates (subject to hydrolysis) is 1. The highest BCUT2D eigenvalue weighted by Gasteiger charge is 2.49. The normalized spacial score (nSPS) is 26.3. The van der Waals surface area contributed by atoms with Crippen molar-refractivity contribution < 1.29 is 24.2 Å². The molecule has 3 aliphatic carbocycles. The molecule has 0 aliphatic heterocycles. The molecule has 146 valence electrons. The predicted molar refractivity (Wildman–Crippen MR) is 98.2 cm³/mol. The van der Waals surface area contributed by atoms with Gasteiger partial charge in [-0.2, -0.15) is 0 Å². The lowest BCUT2D eigenvalue weighted by molar-refractivity contribution is -0.139. The molecule has 7 nitrogen and oxygen atoms in total. The largest absolute Gasteiger partial charge is 0.478 e. The van der Waals surface area contributed by atoms with Gasteiger partial charge in [0.15, 0.2) is 0 Å². The van der Waals surface area contributed by atoms with E-state index >= 15 is 0 Å². The fourth-order valence-corrected chi connectivity index (χ4v) is 4.33. The number of hydrogen-bond acceptors (Lipinski definition) is 4. The molecule has 0 spiro atoms. The predicted octanol–water partition coefficient (Wildman–Crippen LogP) is 2.65. The number of carboxylic acid groups (broad SMARTS) is 1. The molecule has 1 aromatic carbocycles. The van der Waals surface area contributed by atoms with Gasteiger partial charge in [0.25, 0.3) is 0 Å². The molecule has 3 fully saturated rings. The topological polar surface area (TPSA) is 95.9 Å². The molecule has 2 N–H and O–H groups in total. The van der Waals surface area contributed by atoms with Crippen LogP contribution in [0.5, 0.6) is 0 Å². The summed E-state index contributed by atoms with van der Waals surface area (Å²) in [6.45, 7) is 0.0739. The van der Waals surface area contributed by atoms with Gasteiger partial charge >= 0.3 is 12.1 Å². The van der Waals surface area contributed by atoms with E-state index in [2.05, 4.69) is 5.32 Å². The molecule has 0 saturated heterocycles. The van der Waals surface area contributed by atoms with E-state index in [4.69, 9.17) is 9.84 Å². The van der Waals surface area contributed by atoms with Crippen LogP contribution in [0, 0.1) is 11.8 Å². The van der Waals surface area contributed by atoms with Crippen LogP contribution in [0.15, 0.2) is 24.3 Å². The number of amides is 2. The summed E-state index contributed by atoms with van der Waals surface area (Å²) < 4.78 is 5.33. The average molecular weight is 374 g/mol. The molecule has 27 heavy (non-hydrogen) atoms. The van der Waals surface area contributed by atoms with E-state index in [1.165, 1.54) is 12.1 Å². The number of nitrogens with zero attached hydrogens (tertiary/aromatic N) is 1. The van der Waals surface area contributed by atoms with Crippen LogP contribution >= 0.6 is 0 Å². The van der Waals surface area contributed by atoms with E-state index in [1.807, 2.05) is 0 Å². The van der Waals surface area contributed by atoms with E-state index < -0.39 is 12.1 Å². The Labute approximate surface area is 158 Å². The lowest BCUT2D eigenvalue weighted by atomic mass is 9.60. The molecule has 3 aliphatic rings. The van der Waals surface area contributed by atoms with Gasteiger partial charge < -0.3 is 20.1 Å². The number of aromatic carboxylic acids is 1. The number of nitrogens with one attached hydrogen (secondary N) is 1. The lowest BCUT2D eigenvalue weighted by Gasteiger charge is -2.50. The molecule has 1 atom stereocenters. The summed E-state index contributed by atoms with van der Waals surface area (Å²) in [5.74, 6) is -0.481. The van der Waals surface area contributed by atoms with Gasteiger partial charge in [0.1, 0.15) is 6.61 Å². The van der Waals surface area contributed by atoms with E-state index in [-0.39, 0.29) is 29.5 Å². The Bertz CT molecular complexity index is 720. The zero-order chi connectivity index (χ0) is 19.6. The Morgan fingerprint density at radius 2 is 1.81 bits per heavy atom. The Hall–Kier alpha value is -2.57. The van der Waals surface area contributed by atoms with Crippen LogP contribution in [0.3, 0.4) is 0 Å². The molecular weight excluding hydrogens is 348 g/mol. The van der Waals surface area contributed by atoms with Gasteiger partial charge in [-0.05, 0) is 55.7 Å². The minimum atomic E-state index is -0.992. The highest BCUT2D eigenvalue weighted by molar-refractivity contribution is 5.87. The standard InChI is InChI=1S/C20H26N2O5/c1-22(2)17(23)16-11-20(9-7-14(16)8-10-20)21-19(26)27-12-13-3-5-15(6-4-13)18(24)25/h3-6,14,16H,7-12H2,1-2H3,(H,21,26)(H,24,25)/t14?,16-,20?/m0/s1. The van der Waals surface area contributed by atoms with Gasteiger partial charge in [0.05, 0.1) is 5.56 Å². The molecule has 0 radical (unpaired) electrons. The second-order valence-electron chi connectivity index (χ2n) is 7.86. The SMILES string of the molecule is CN(C)C(=O)[C@H]1CC2(NC(=O)OCc3ccc(C(=O)O)cc3)CCC1CC2. The Kier molecular flexibility index (Phi) is 5.39. The van der Waals surface area contributed by atoms with Gasteiger partial charge in [-0.1, -0.05) is 12.1 Å². The third-order valence-corrected chi connectivity index (χ3v) is 5.86. The lowest BCUT2D eigenvalue weighted by Crippen LogP contribution is -2.58. The number of carboxylic acids is 1. The first kappa shape index (κ1) is 19.2. The summed E-state index contributed by atoms with van der Waals surface area (Å²) in [7, 11) is 3.54. The third kappa shape index (κ3) is 4.23. The van der Waals surface area contributed by atoms with E-state index in [0.717, 1.165) is 31.2 Å². The Balaban J connectivity index is 1.56. The molecule has 0 heterocycles. The first-order chi connectivity index (χ1) is 12.8. The molecule has 2 amide bonds. The summed E-state index contributed by atoms with van der Waals surface area (Å²) in [5.41, 5.74) is 0.549. The second-order valence-corrected chi connectivity index (χ2v) is 7.86. The van der Waals surface area contributed by atoms with Crippen LogP contribution in [-0.2, 0) is 16.1 Å². The summed E-state index contributed by atoms with van der Waals surface area (Å²) in [6.07, 6.45) is 3.81. The van der Waals surface area contributed by atoms with E-state index in [9.17, 15) is 14.4 Å². The summed E-state index contributed by atoms with van der Waals surface area (Å²) in [4.78, 5) is 37.3. The van der Waals surface area contributed by atoms with Crippen molar-refractivity contribution in [3.63, 3.8) is 0 Å². The van der Waals surface area contributed by atoms with Crippen molar-refractivity contribution in [3.8, 4) is 0 Å². The smallest absolute Gasteiger partial charge is 0.407 e. The number of ether oxygens (including phenoxy) is 1. The quantitative estimate of drug-likeness (QED) is 0.826. The molecule has 4 rings (SSSR count). The van der Waals surface area contributed by atoms with Gasteiger partial charge in [0.2, 0.25) is 5.91 Å². The highest BCUT2D eigenvalue weighted by atomic mass is 16.5. The van der Waals surface area contributed by atoms with Crippen LogP contribution in [0.1, 0.15) is 48.0 Å². The zero-order valence-corrected chi connectivity index (χ0v) is 15.7. The maximum absolute atomic E-state index is 12.4. The number of hydrogen-bond donors (Lipinski definition) is 2. The molecule has 0 aromatic heterocycles. The van der Waals surface area contributed by atoms with Gasteiger partial charge in [-0.3, -0.25) is 4.79 Å². The van der Waals surface area contributed by atoms with Gasteiger partial charge in [0, 0.05) is 25.6 Å². The highest BCUT2D eigenvalue weighted by Crippen LogP contribution is 2.48. The van der Waals surface area contributed by atoms with Crippen molar-refractivity contribution in [3.05, 3.63) is 35.4 Å². The fraction of sp³-hybridized carbons (Fsp3) is 0.550. The third-order valence-electron chi connectivity index (χ3n) is 5.86. The number of carbonyl (C=O) groups is 3. The number of fused-ring (bicyclic) bond motifs is 3. The number of benzene rings is 1. The summed E-state index contributed by atoms with van der Waals surface area (Å²) >= 11 is 0. The summed E-state index contributed by atoms with van der Waals surface area (Å²) in [6, 6.07) is 6.23. The molecule has 7 heteroatoms. The minimum Gasteiger partial charge on any atom is -0.478 e. The Morgan fingerprint density at radius 1 is 1.19 bits per heavy atom. The molecule has 1 aromatic rings. The zero-order valence-electron chi connectivity index (χ0n) is 15.7. The van der Waals surface area contributed by atoms with Crippen molar-refractivity contribution >= 4 is 18.0 Å². The van der Waals surface area contributed by atoms with E-state index in [1.54, 1.807) is 31.1 Å². The fourth-order valence-electron chi connectivity index (χ4n) is 4.33. The molecule has 3 saturated carbocycles. The van der Waals surface area contributed by atoms with Crippen molar-refractivity contribution in [2.24, 2.45) is 11.8 Å². The van der Waals surface area contributed by atoms with Crippen LogP contribution in [0.25, 0.3) is 0 Å². The maximum atomic E-state index is 12.4. The van der Waals surface area contributed by atoms with Crippen LogP contribution in [0.4, 0.5) is 4.79 Å². The van der Waals surface area contributed by atoms with Crippen LogP contribution in [-0.4, -0.2) is 47.6 Å². The van der Waals surface area contributed by atoms with Crippen molar-refractivity contribution in [2.45, 2.75) is 44.2 Å². The monoisotopic (exact) mass is 374 g/mol. The number of carbonyl (C=O) groups excluding carboxylic acids is 2. The molecule has 2 bridgehead atoms. The first-order valence-corrected chi connectivity index (χ1v) is 9.28. The first-order valence-electron chi connectivity index (χ1n) is 9.28. The van der Waals surface area contributed by atoms with Gasteiger partial charge in [-0.25, -0.2) is 9.59 Å². The molecular formula is C20H26N2O5. The van der Waals surface area contributed by atoms with Crippen molar-refractivity contribution in [2.75, 3.05) is 14.1 Å². The van der Waals surface area contributed by atoms with Crippen LogP contribution < -0.4 is 5.32 Å².